The predicted octanol–water partition coefficient (Wildman–Crippen LogP) is 0.881. The van der Waals surface area contributed by atoms with Crippen LogP contribution in [0.15, 0.2) is 29.2 Å². The molecule has 0 radical (unpaired) electrons. The number of carbonyl (C=O) groups excluding carboxylic acids is 2. The van der Waals surface area contributed by atoms with Gasteiger partial charge in [0.25, 0.3) is 0 Å². The molecular formula is C16H23ClN4O4S. The number of carbonyl (C=O) groups is 2. The zero-order valence-electron chi connectivity index (χ0n) is 14.7. The summed E-state index contributed by atoms with van der Waals surface area (Å²) in [5, 5.41) is 5.19. The first kappa shape index (κ1) is 20.6. The van der Waals surface area contributed by atoms with Gasteiger partial charge in [0.05, 0.1) is 11.4 Å². The normalized spacial score (nSPS) is 16.5. The summed E-state index contributed by atoms with van der Waals surface area (Å²) < 4.78 is 26.6. The van der Waals surface area contributed by atoms with Crippen molar-refractivity contribution >= 4 is 33.6 Å². The molecule has 2 N–H and O–H groups in total. The fourth-order valence-electron chi connectivity index (χ4n) is 2.57. The van der Waals surface area contributed by atoms with E-state index in [0.717, 1.165) is 0 Å². The van der Waals surface area contributed by atoms with Crippen LogP contribution in [0.4, 0.5) is 4.79 Å². The smallest absolute Gasteiger partial charge is 0.321 e. The largest absolute Gasteiger partial charge is 0.336 e. The maximum Gasteiger partial charge on any atom is 0.321 e. The van der Waals surface area contributed by atoms with Crippen LogP contribution in [-0.2, 0) is 14.8 Å². The molecule has 1 heterocycles. The van der Waals surface area contributed by atoms with Crippen molar-refractivity contribution in [3.63, 3.8) is 0 Å². The number of rotatable bonds is 5. The molecule has 1 aliphatic rings. The SMILES string of the molecule is CC(C)NC(=O)NC(=O)CN1CCN(S(=O)(=O)c2cccc(Cl)c2)CC1. The molecule has 0 spiro atoms. The number of amides is 3. The Morgan fingerprint density at radius 2 is 1.85 bits per heavy atom. The Kier molecular flexibility index (Phi) is 6.99. The average molecular weight is 403 g/mol. The van der Waals surface area contributed by atoms with Gasteiger partial charge in [-0.1, -0.05) is 17.7 Å². The van der Waals surface area contributed by atoms with E-state index < -0.39 is 22.0 Å². The lowest BCUT2D eigenvalue weighted by Crippen LogP contribution is -2.52. The zero-order chi connectivity index (χ0) is 19.3. The lowest BCUT2D eigenvalue weighted by atomic mass is 10.3. The molecule has 1 fully saturated rings. The van der Waals surface area contributed by atoms with E-state index in [1.807, 2.05) is 4.90 Å². The topological polar surface area (TPSA) is 98.8 Å². The third kappa shape index (κ3) is 5.66. The van der Waals surface area contributed by atoms with Gasteiger partial charge in [0.2, 0.25) is 15.9 Å². The molecule has 0 saturated carbocycles. The van der Waals surface area contributed by atoms with Crippen LogP contribution in [0.5, 0.6) is 0 Å². The molecular weight excluding hydrogens is 380 g/mol. The molecule has 3 amide bonds. The number of sulfonamides is 1. The average Bonchev–Trinajstić information content (AvgIpc) is 2.54. The van der Waals surface area contributed by atoms with Crippen molar-refractivity contribution in [2.45, 2.75) is 24.8 Å². The molecule has 10 heteroatoms. The molecule has 8 nitrogen and oxygen atoms in total. The molecule has 26 heavy (non-hydrogen) atoms. The Labute approximate surface area is 158 Å². The number of nitrogens with zero attached hydrogens (tertiary/aromatic N) is 2. The first-order chi connectivity index (χ1) is 12.2. The first-order valence-electron chi connectivity index (χ1n) is 8.27. The number of imide groups is 1. The molecule has 1 aromatic carbocycles. The molecule has 0 bridgehead atoms. The Morgan fingerprint density at radius 3 is 2.42 bits per heavy atom. The highest BCUT2D eigenvalue weighted by molar-refractivity contribution is 7.89. The molecule has 0 aliphatic carbocycles. The van der Waals surface area contributed by atoms with Crippen LogP contribution < -0.4 is 10.6 Å². The Hall–Kier alpha value is -1.68. The second kappa shape index (κ2) is 8.81. The Balaban J connectivity index is 1.87. The summed E-state index contributed by atoms with van der Waals surface area (Å²) in [7, 11) is -3.61. The fraction of sp³-hybridized carbons (Fsp3) is 0.500. The van der Waals surface area contributed by atoms with E-state index in [1.54, 1.807) is 26.0 Å². The summed E-state index contributed by atoms with van der Waals surface area (Å²) in [6.07, 6.45) is 0. The second-order valence-corrected chi connectivity index (χ2v) is 8.69. The first-order valence-corrected chi connectivity index (χ1v) is 10.1. The van der Waals surface area contributed by atoms with Gasteiger partial charge in [0.1, 0.15) is 0 Å². The van der Waals surface area contributed by atoms with Crippen molar-refractivity contribution in [2.24, 2.45) is 0 Å². The lowest BCUT2D eigenvalue weighted by molar-refractivity contribution is -0.121. The summed E-state index contributed by atoms with van der Waals surface area (Å²) in [5.41, 5.74) is 0. The third-order valence-electron chi connectivity index (χ3n) is 3.81. The van der Waals surface area contributed by atoms with Gasteiger partial charge in [-0.3, -0.25) is 15.0 Å². The van der Waals surface area contributed by atoms with Gasteiger partial charge < -0.3 is 5.32 Å². The summed E-state index contributed by atoms with van der Waals surface area (Å²) in [6, 6.07) is 5.54. The lowest BCUT2D eigenvalue weighted by Gasteiger charge is -2.33. The molecule has 2 rings (SSSR count). The Morgan fingerprint density at radius 1 is 1.19 bits per heavy atom. The Bertz CT molecular complexity index is 761. The number of nitrogens with one attached hydrogen (secondary N) is 2. The van der Waals surface area contributed by atoms with E-state index in [2.05, 4.69) is 10.6 Å². The molecule has 1 aromatic rings. The van der Waals surface area contributed by atoms with Crippen molar-refractivity contribution in [3.8, 4) is 0 Å². The van der Waals surface area contributed by atoms with Crippen molar-refractivity contribution < 1.29 is 18.0 Å². The third-order valence-corrected chi connectivity index (χ3v) is 5.93. The van der Waals surface area contributed by atoms with Crippen LogP contribution in [0.1, 0.15) is 13.8 Å². The maximum absolute atomic E-state index is 12.6. The van der Waals surface area contributed by atoms with Gasteiger partial charge in [-0.2, -0.15) is 4.31 Å². The van der Waals surface area contributed by atoms with Gasteiger partial charge in [-0.25, -0.2) is 13.2 Å². The van der Waals surface area contributed by atoms with Gasteiger partial charge >= 0.3 is 6.03 Å². The summed E-state index contributed by atoms with van der Waals surface area (Å²) >= 11 is 5.87. The van der Waals surface area contributed by atoms with Crippen LogP contribution in [0.3, 0.4) is 0 Å². The van der Waals surface area contributed by atoms with Crippen molar-refractivity contribution in [3.05, 3.63) is 29.3 Å². The van der Waals surface area contributed by atoms with Crippen LogP contribution in [0.25, 0.3) is 0 Å². The van der Waals surface area contributed by atoms with Crippen molar-refractivity contribution in [2.75, 3.05) is 32.7 Å². The van der Waals surface area contributed by atoms with Gasteiger partial charge in [-0.15, -0.1) is 0 Å². The highest BCUT2D eigenvalue weighted by atomic mass is 35.5. The van der Waals surface area contributed by atoms with E-state index >= 15 is 0 Å². The number of urea groups is 1. The zero-order valence-corrected chi connectivity index (χ0v) is 16.3. The van der Waals surface area contributed by atoms with Crippen molar-refractivity contribution in [1.29, 1.82) is 0 Å². The summed E-state index contributed by atoms with van der Waals surface area (Å²) in [5.74, 6) is -0.422. The minimum atomic E-state index is -3.61. The molecule has 0 unspecified atom stereocenters. The predicted molar refractivity (Wildman–Crippen MR) is 98.5 cm³/mol. The molecule has 0 aromatic heterocycles. The maximum atomic E-state index is 12.6. The van der Waals surface area contributed by atoms with Gasteiger partial charge in [0, 0.05) is 37.2 Å². The van der Waals surface area contributed by atoms with Crippen LogP contribution in [0.2, 0.25) is 5.02 Å². The van der Waals surface area contributed by atoms with E-state index in [1.165, 1.54) is 16.4 Å². The van der Waals surface area contributed by atoms with E-state index in [-0.39, 0.29) is 30.6 Å². The number of hydrogen-bond acceptors (Lipinski definition) is 5. The standard InChI is InChI=1S/C16H23ClN4O4S/c1-12(2)18-16(23)19-15(22)11-20-6-8-21(9-7-20)26(24,25)14-5-3-4-13(17)10-14/h3-5,10,12H,6-9,11H2,1-2H3,(H2,18,19,22,23). The quantitative estimate of drug-likeness (QED) is 0.761. The molecule has 1 saturated heterocycles. The van der Waals surface area contributed by atoms with Crippen LogP contribution in [-0.4, -0.2) is 68.3 Å². The van der Waals surface area contributed by atoms with E-state index in [4.69, 9.17) is 11.6 Å². The highest BCUT2D eigenvalue weighted by Crippen LogP contribution is 2.20. The molecule has 1 aliphatic heterocycles. The summed E-state index contributed by atoms with van der Waals surface area (Å²) in [4.78, 5) is 25.4. The van der Waals surface area contributed by atoms with E-state index in [0.29, 0.717) is 18.1 Å². The monoisotopic (exact) mass is 402 g/mol. The summed E-state index contributed by atoms with van der Waals surface area (Å²) in [6.45, 7) is 4.96. The number of piperazine rings is 1. The highest BCUT2D eigenvalue weighted by Gasteiger charge is 2.29. The minimum absolute atomic E-state index is 0.0383. The van der Waals surface area contributed by atoms with Gasteiger partial charge in [0.15, 0.2) is 0 Å². The van der Waals surface area contributed by atoms with Crippen LogP contribution >= 0.6 is 11.6 Å². The number of benzene rings is 1. The van der Waals surface area contributed by atoms with Gasteiger partial charge in [-0.05, 0) is 32.0 Å². The van der Waals surface area contributed by atoms with Crippen molar-refractivity contribution in [1.82, 2.24) is 19.8 Å². The number of hydrogen-bond donors (Lipinski definition) is 2. The molecule has 0 atom stereocenters. The minimum Gasteiger partial charge on any atom is -0.336 e. The van der Waals surface area contributed by atoms with E-state index in [9.17, 15) is 18.0 Å². The van der Waals surface area contributed by atoms with Crippen LogP contribution in [0, 0.1) is 0 Å². The molecule has 144 valence electrons. The fourth-order valence-corrected chi connectivity index (χ4v) is 4.30. The number of halogens is 1. The second-order valence-electron chi connectivity index (χ2n) is 6.31.